The summed E-state index contributed by atoms with van der Waals surface area (Å²) >= 11 is 0. The van der Waals surface area contributed by atoms with Gasteiger partial charge >= 0.3 is 0 Å². The van der Waals surface area contributed by atoms with Crippen LogP contribution >= 0.6 is 0 Å². The highest BCUT2D eigenvalue weighted by Crippen LogP contribution is 2.33. The summed E-state index contributed by atoms with van der Waals surface area (Å²) in [6, 6.07) is 0. The first-order valence-corrected chi connectivity index (χ1v) is 7.87. The van der Waals surface area contributed by atoms with Gasteiger partial charge in [-0.2, -0.15) is 0 Å². The number of likely N-dealkylation sites (N-methyl/N-ethyl adjacent to an activating group) is 1. The molecule has 1 heterocycles. The van der Waals surface area contributed by atoms with Crippen LogP contribution in [0, 0.1) is 0 Å². The van der Waals surface area contributed by atoms with Gasteiger partial charge in [-0.1, -0.05) is 26.2 Å². The molecule has 0 aromatic heterocycles. The lowest BCUT2D eigenvalue weighted by molar-refractivity contribution is -0.0374. The number of hydrogen-bond donors (Lipinski definition) is 1. The highest BCUT2D eigenvalue weighted by atomic mass is 16.5. The predicted octanol–water partition coefficient (Wildman–Crippen LogP) is 2.54. The van der Waals surface area contributed by atoms with Gasteiger partial charge in [-0.05, 0) is 38.6 Å². The molecule has 0 bridgehead atoms. The first kappa shape index (κ1) is 14.3. The Labute approximate surface area is 112 Å². The van der Waals surface area contributed by atoms with Crippen LogP contribution in [-0.2, 0) is 4.74 Å². The average molecular weight is 254 g/mol. The molecule has 1 unspecified atom stereocenters. The minimum Gasteiger partial charge on any atom is -0.377 e. The van der Waals surface area contributed by atoms with Crippen LogP contribution in [0.2, 0.25) is 0 Å². The van der Waals surface area contributed by atoms with Gasteiger partial charge in [0.15, 0.2) is 0 Å². The standard InChI is InChI=1S/C15H30N2O/c1-2-17(12-14-8-4-7-11-18-14)15(13-16)9-5-3-6-10-15/h14H,2-13,16H2,1H3. The fraction of sp³-hybridized carbons (Fsp3) is 1.00. The zero-order valence-corrected chi connectivity index (χ0v) is 12.0. The third-order valence-corrected chi connectivity index (χ3v) is 4.91. The largest absolute Gasteiger partial charge is 0.377 e. The molecule has 2 N–H and O–H groups in total. The van der Waals surface area contributed by atoms with Crippen LogP contribution in [0.5, 0.6) is 0 Å². The lowest BCUT2D eigenvalue weighted by Gasteiger charge is -2.47. The van der Waals surface area contributed by atoms with Gasteiger partial charge in [-0.25, -0.2) is 0 Å². The summed E-state index contributed by atoms with van der Waals surface area (Å²) in [5.41, 5.74) is 6.41. The number of nitrogens with zero attached hydrogens (tertiary/aromatic N) is 1. The topological polar surface area (TPSA) is 38.5 Å². The molecule has 106 valence electrons. The average Bonchev–Trinajstić information content (AvgIpc) is 2.46. The molecular weight excluding hydrogens is 224 g/mol. The van der Waals surface area contributed by atoms with Crippen molar-refractivity contribution in [1.82, 2.24) is 4.90 Å². The molecule has 1 aliphatic heterocycles. The second-order valence-electron chi connectivity index (χ2n) is 6.02. The highest BCUT2D eigenvalue weighted by Gasteiger charge is 2.37. The lowest BCUT2D eigenvalue weighted by Crippen LogP contribution is -2.57. The maximum Gasteiger partial charge on any atom is 0.0702 e. The minimum atomic E-state index is 0.272. The molecule has 0 aromatic carbocycles. The monoisotopic (exact) mass is 254 g/mol. The number of rotatable bonds is 5. The molecule has 3 heteroatoms. The summed E-state index contributed by atoms with van der Waals surface area (Å²) in [4.78, 5) is 2.63. The van der Waals surface area contributed by atoms with Crippen LogP contribution in [0.15, 0.2) is 0 Å². The van der Waals surface area contributed by atoms with Gasteiger partial charge < -0.3 is 10.5 Å². The smallest absolute Gasteiger partial charge is 0.0702 e. The molecule has 2 aliphatic rings. The summed E-state index contributed by atoms with van der Waals surface area (Å²) in [5, 5.41) is 0. The van der Waals surface area contributed by atoms with E-state index in [0.29, 0.717) is 6.10 Å². The van der Waals surface area contributed by atoms with Gasteiger partial charge in [0.2, 0.25) is 0 Å². The molecule has 3 nitrogen and oxygen atoms in total. The molecule has 1 saturated heterocycles. The Bertz CT molecular complexity index is 233. The molecule has 0 spiro atoms. The zero-order valence-electron chi connectivity index (χ0n) is 12.0. The van der Waals surface area contributed by atoms with E-state index in [1.165, 1.54) is 51.4 Å². The quantitative estimate of drug-likeness (QED) is 0.819. The van der Waals surface area contributed by atoms with Crippen molar-refractivity contribution in [2.75, 3.05) is 26.2 Å². The van der Waals surface area contributed by atoms with Crippen molar-refractivity contribution in [2.45, 2.75) is 69.9 Å². The molecule has 18 heavy (non-hydrogen) atoms. The lowest BCUT2D eigenvalue weighted by atomic mass is 9.80. The van der Waals surface area contributed by atoms with Crippen LogP contribution in [-0.4, -0.2) is 42.8 Å². The number of nitrogens with two attached hydrogens (primary N) is 1. The van der Waals surface area contributed by atoms with Gasteiger partial charge in [0, 0.05) is 25.2 Å². The summed E-state index contributed by atoms with van der Waals surface area (Å²) in [6.45, 7) is 6.24. The third kappa shape index (κ3) is 3.25. The molecular formula is C15H30N2O. The molecule has 0 aromatic rings. The Morgan fingerprint density at radius 2 is 1.94 bits per heavy atom. The van der Waals surface area contributed by atoms with Crippen LogP contribution in [0.4, 0.5) is 0 Å². The Morgan fingerprint density at radius 3 is 2.50 bits per heavy atom. The number of ether oxygens (including phenoxy) is 1. The Kier molecular flexibility index (Phi) is 5.46. The molecule has 1 saturated carbocycles. The Morgan fingerprint density at radius 1 is 1.17 bits per heavy atom. The van der Waals surface area contributed by atoms with Crippen molar-refractivity contribution < 1.29 is 4.74 Å². The molecule has 0 radical (unpaired) electrons. The van der Waals surface area contributed by atoms with E-state index >= 15 is 0 Å². The van der Waals surface area contributed by atoms with E-state index in [-0.39, 0.29) is 5.54 Å². The van der Waals surface area contributed by atoms with E-state index < -0.39 is 0 Å². The van der Waals surface area contributed by atoms with Crippen molar-refractivity contribution in [3.63, 3.8) is 0 Å². The van der Waals surface area contributed by atoms with E-state index in [0.717, 1.165) is 26.2 Å². The fourth-order valence-electron chi connectivity index (χ4n) is 3.71. The first-order valence-electron chi connectivity index (χ1n) is 7.87. The molecule has 1 aliphatic carbocycles. The maximum absolute atomic E-state index is 6.14. The molecule has 1 atom stereocenters. The fourth-order valence-corrected chi connectivity index (χ4v) is 3.71. The van der Waals surface area contributed by atoms with E-state index in [1.54, 1.807) is 0 Å². The predicted molar refractivity (Wildman–Crippen MR) is 75.7 cm³/mol. The van der Waals surface area contributed by atoms with E-state index in [1.807, 2.05) is 0 Å². The number of hydrogen-bond acceptors (Lipinski definition) is 3. The summed E-state index contributed by atoms with van der Waals surface area (Å²) in [5.74, 6) is 0. The van der Waals surface area contributed by atoms with E-state index in [2.05, 4.69) is 11.8 Å². The van der Waals surface area contributed by atoms with Crippen molar-refractivity contribution in [3.05, 3.63) is 0 Å². The van der Waals surface area contributed by atoms with Crippen molar-refractivity contribution in [2.24, 2.45) is 5.73 Å². The molecule has 2 rings (SSSR count). The van der Waals surface area contributed by atoms with Crippen LogP contribution < -0.4 is 5.73 Å². The second-order valence-corrected chi connectivity index (χ2v) is 6.02. The van der Waals surface area contributed by atoms with E-state index in [4.69, 9.17) is 10.5 Å². The Hall–Kier alpha value is -0.120. The third-order valence-electron chi connectivity index (χ3n) is 4.91. The van der Waals surface area contributed by atoms with Gasteiger partial charge in [0.05, 0.1) is 6.10 Å². The van der Waals surface area contributed by atoms with Crippen molar-refractivity contribution in [1.29, 1.82) is 0 Å². The SMILES string of the molecule is CCN(CC1CCCCO1)C1(CN)CCCCC1. The summed E-state index contributed by atoms with van der Waals surface area (Å²) in [7, 11) is 0. The van der Waals surface area contributed by atoms with Crippen LogP contribution in [0.25, 0.3) is 0 Å². The Balaban J connectivity index is 1.96. The van der Waals surface area contributed by atoms with Gasteiger partial charge in [0.25, 0.3) is 0 Å². The van der Waals surface area contributed by atoms with Crippen LogP contribution in [0.1, 0.15) is 58.3 Å². The first-order chi connectivity index (χ1) is 8.80. The zero-order chi connectivity index (χ0) is 12.8. The van der Waals surface area contributed by atoms with Crippen molar-refractivity contribution >= 4 is 0 Å². The summed E-state index contributed by atoms with van der Waals surface area (Å²) in [6.07, 6.45) is 10.9. The maximum atomic E-state index is 6.14. The molecule has 0 amide bonds. The highest BCUT2D eigenvalue weighted by molar-refractivity contribution is 4.94. The van der Waals surface area contributed by atoms with Gasteiger partial charge in [-0.15, -0.1) is 0 Å². The van der Waals surface area contributed by atoms with Crippen LogP contribution in [0.3, 0.4) is 0 Å². The minimum absolute atomic E-state index is 0.272. The van der Waals surface area contributed by atoms with Gasteiger partial charge in [-0.3, -0.25) is 4.90 Å². The van der Waals surface area contributed by atoms with Gasteiger partial charge in [0.1, 0.15) is 0 Å². The van der Waals surface area contributed by atoms with Crippen molar-refractivity contribution in [3.8, 4) is 0 Å². The second kappa shape index (κ2) is 6.88. The summed E-state index contributed by atoms with van der Waals surface area (Å²) < 4.78 is 5.91. The van der Waals surface area contributed by atoms with E-state index in [9.17, 15) is 0 Å². The molecule has 2 fully saturated rings. The normalized spacial score (nSPS) is 28.5.